The Morgan fingerprint density at radius 2 is 1.71 bits per heavy atom. The molecule has 5 heteroatoms. The predicted molar refractivity (Wildman–Crippen MR) is 110 cm³/mol. The van der Waals surface area contributed by atoms with Crippen LogP contribution in [0.15, 0.2) is 42.5 Å². The highest BCUT2D eigenvalue weighted by Crippen LogP contribution is 2.31. The Balaban J connectivity index is 1.46. The topological polar surface area (TPSA) is 51.2 Å². The lowest BCUT2D eigenvalue weighted by Crippen LogP contribution is -2.32. The van der Waals surface area contributed by atoms with E-state index in [0.717, 1.165) is 22.8 Å². The fourth-order valence-corrected chi connectivity index (χ4v) is 3.22. The van der Waals surface area contributed by atoms with Gasteiger partial charge in [0.2, 0.25) is 0 Å². The standard InChI is InChI=1S/C23H31NO4/c1-23(2,3)18-6-8-20(9-7-18)28-16-19(25)15-24(4)14-17-5-10-21-22(13-17)27-12-11-26-21/h5-10,13,19,25H,11-12,14-16H2,1-4H3. The molecule has 0 saturated carbocycles. The third kappa shape index (κ3) is 5.63. The van der Waals surface area contributed by atoms with Crippen LogP contribution in [0.25, 0.3) is 0 Å². The molecule has 0 spiro atoms. The van der Waals surface area contributed by atoms with Crippen LogP contribution in [0.4, 0.5) is 0 Å². The van der Waals surface area contributed by atoms with Crippen LogP contribution in [-0.2, 0) is 12.0 Å². The number of nitrogens with zero attached hydrogens (tertiary/aromatic N) is 1. The highest BCUT2D eigenvalue weighted by molar-refractivity contribution is 5.43. The number of aliphatic hydroxyl groups excluding tert-OH is 1. The van der Waals surface area contributed by atoms with Gasteiger partial charge in [-0.2, -0.15) is 0 Å². The Kier molecular flexibility index (Phi) is 6.47. The number of ether oxygens (including phenoxy) is 3. The van der Waals surface area contributed by atoms with Crippen LogP contribution < -0.4 is 14.2 Å². The van der Waals surface area contributed by atoms with Gasteiger partial charge in [0.05, 0.1) is 0 Å². The van der Waals surface area contributed by atoms with Crippen LogP contribution in [0.2, 0.25) is 0 Å². The summed E-state index contributed by atoms with van der Waals surface area (Å²) in [6, 6.07) is 14.1. The second-order valence-electron chi connectivity index (χ2n) is 8.41. The third-order valence-corrected chi connectivity index (χ3v) is 4.74. The van der Waals surface area contributed by atoms with E-state index in [1.54, 1.807) is 0 Å². The zero-order valence-electron chi connectivity index (χ0n) is 17.3. The maximum Gasteiger partial charge on any atom is 0.161 e. The second-order valence-corrected chi connectivity index (χ2v) is 8.41. The average molecular weight is 386 g/mol. The van der Waals surface area contributed by atoms with Gasteiger partial charge in [-0.3, -0.25) is 4.90 Å². The van der Waals surface area contributed by atoms with E-state index in [4.69, 9.17) is 14.2 Å². The van der Waals surface area contributed by atoms with Gasteiger partial charge < -0.3 is 19.3 Å². The zero-order chi connectivity index (χ0) is 20.1. The number of rotatable bonds is 7. The van der Waals surface area contributed by atoms with Crippen LogP contribution in [0, 0.1) is 0 Å². The molecule has 0 saturated heterocycles. The molecule has 1 heterocycles. The molecule has 1 N–H and O–H groups in total. The van der Waals surface area contributed by atoms with E-state index < -0.39 is 6.10 Å². The summed E-state index contributed by atoms with van der Waals surface area (Å²) in [6.07, 6.45) is -0.565. The van der Waals surface area contributed by atoms with Gasteiger partial charge in [0, 0.05) is 13.1 Å². The van der Waals surface area contributed by atoms with Gasteiger partial charge in [0.1, 0.15) is 31.7 Å². The molecule has 2 aromatic rings. The Hall–Kier alpha value is -2.24. The molecule has 0 aromatic heterocycles. The van der Waals surface area contributed by atoms with Gasteiger partial charge in [0.25, 0.3) is 0 Å². The van der Waals surface area contributed by atoms with Crippen molar-refractivity contribution in [1.82, 2.24) is 4.90 Å². The highest BCUT2D eigenvalue weighted by atomic mass is 16.6. The molecule has 2 aromatic carbocycles. The first kappa shape index (κ1) is 20.5. The van der Waals surface area contributed by atoms with E-state index in [2.05, 4.69) is 37.8 Å². The fraction of sp³-hybridized carbons (Fsp3) is 0.478. The molecule has 0 aliphatic carbocycles. The molecule has 1 aliphatic rings. The Labute approximate surface area is 167 Å². The van der Waals surface area contributed by atoms with E-state index in [0.29, 0.717) is 26.3 Å². The van der Waals surface area contributed by atoms with Crippen molar-refractivity contribution in [3.05, 3.63) is 53.6 Å². The van der Waals surface area contributed by atoms with Crippen molar-refractivity contribution in [2.45, 2.75) is 38.8 Å². The van der Waals surface area contributed by atoms with E-state index in [1.165, 1.54) is 5.56 Å². The first-order chi connectivity index (χ1) is 13.3. The summed E-state index contributed by atoms with van der Waals surface area (Å²) in [5.74, 6) is 2.37. The van der Waals surface area contributed by atoms with E-state index in [1.807, 2.05) is 37.4 Å². The largest absolute Gasteiger partial charge is 0.491 e. The van der Waals surface area contributed by atoms with E-state index in [9.17, 15) is 5.11 Å². The van der Waals surface area contributed by atoms with Gasteiger partial charge in [0.15, 0.2) is 11.5 Å². The Morgan fingerprint density at radius 1 is 1.04 bits per heavy atom. The van der Waals surface area contributed by atoms with Crippen LogP contribution in [0.1, 0.15) is 31.9 Å². The molecule has 0 fully saturated rings. The number of benzene rings is 2. The number of hydrogen-bond acceptors (Lipinski definition) is 5. The van der Waals surface area contributed by atoms with Gasteiger partial charge in [-0.05, 0) is 47.9 Å². The van der Waals surface area contributed by atoms with Crippen molar-refractivity contribution in [2.75, 3.05) is 33.4 Å². The molecular weight excluding hydrogens is 354 g/mol. The lowest BCUT2D eigenvalue weighted by molar-refractivity contribution is 0.0743. The van der Waals surface area contributed by atoms with Crippen molar-refractivity contribution in [2.24, 2.45) is 0 Å². The molecule has 0 radical (unpaired) electrons. The average Bonchev–Trinajstić information content (AvgIpc) is 2.66. The zero-order valence-corrected chi connectivity index (χ0v) is 17.3. The van der Waals surface area contributed by atoms with Crippen LogP contribution in [0.5, 0.6) is 17.2 Å². The molecule has 0 bridgehead atoms. The molecule has 152 valence electrons. The third-order valence-electron chi connectivity index (χ3n) is 4.74. The first-order valence-electron chi connectivity index (χ1n) is 9.80. The summed E-state index contributed by atoms with van der Waals surface area (Å²) in [6.45, 7) is 9.23. The highest BCUT2D eigenvalue weighted by Gasteiger charge is 2.15. The van der Waals surface area contributed by atoms with Crippen molar-refractivity contribution < 1.29 is 19.3 Å². The van der Waals surface area contributed by atoms with Crippen LogP contribution in [-0.4, -0.2) is 49.5 Å². The van der Waals surface area contributed by atoms with Crippen molar-refractivity contribution in [3.8, 4) is 17.2 Å². The molecule has 0 amide bonds. The summed E-state index contributed by atoms with van der Waals surface area (Å²) in [4.78, 5) is 2.07. The molecule has 1 aliphatic heterocycles. The van der Waals surface area contributed by atoms with Crippen LogP contribution in [0.3, 0.4) is 0 Å². The molecular formula is C23H31NO4. The maximum atomic E-state index is 10.3. The van der Waals surface area contributed by atoms with Crippen LogP contribution >= 0.6 is 0 Å². The summed E-state index contributed by atoms with van der Waals surface area (Å²) in [5, 5.41) is 10.3. The van der Waals surface area contributed by atoms with Gasteiger partial charge in [-0.15, -0.1) is 0 Å². The monoisotopic (exact) mass is 385 g/mol. The quantitative estimate of drug-likeness (QED) is 0.789. The summed E-state index contributed by atoms with van der Waals surface area (Å²) < 4.78 is 16.9. The Morgan fingerprint density at radius 3 is 2.39 bits per heavy atom. The number of fused-ring (bicyclic) bond motifs is 1. The minimum absolute atomic E-state index is 0.120. The molecule has 1 unspecified atom stereocenters. The molecule has 3 rings (SSSR count). The van der Waals surface area contributed by atoms with E-state index >= 15 is 0 Å². The van der Waals surface area contributed by atoms with Crippen molar-refractivity contribution in [1.29, 1.82) is 0 Å². The minimum Gasteiger partial charge on any atom is -0.491 e. The minimum atomic E-state index is -0.565. The lowest BCUT2D eigenvalue weighted by atomic mass is 9.87. The maximum absolute atomic E-state index is 10.3. The number of hydrogen-bond donors (Lipinski definition) is 1. The second kappa shape index (κ2) is 8.84. The predicted octanol–water partition coefficient (Wildman–Crippen LogP) is 3.63. The number of aliphatic hydroxyl groups is 1. The Bertz CT molecular complexity index is 767. The van der Waals surface area contributed by atoms with Gasteiger partial charge in [-0.25, -0.2) is 0 Å². The summed E-state index contributed by atoms with van der Waals surface area (Å²) >= 11 is 0. The molecule has 1 atom stereocenters. The first-order valence-corrected chi connectivity index (χ1v) is 9.80. The van der Waals surface area contributed by atoms with Crippen molar-refractivity contribution >= 4 is 0 Å². The van der Waals surface area contributed by atoms with Crippen molar-refractivity contribution in [3.63, 3.8) is 0 Å². The lowest BCUT2D eigenvalue weighted by Gasteiger charge is -2.23. The number of likely N-dealkylation sites (N-methyl/N-ethyl adjacent to an activating group) is 1. The molecule has 28 heavy (non-hydrogen) atoms. The normalized spacial score (nSPS) is 14.8. The van der Waals surface area contributed by atoms with Gasteiger partial charge in [-0.1, -0.05) is 39.0 Å². The smallest absolute Gasteiger partial charge is 0.161 e. The summed E-state index contributed by atoms with van der Waals surface area (Å²) in [7, 11) is 1.98. The fourth-order valence-electron chi connectivity index (χ4n) is 3.22. The van der Waals surface area contributed by atoms with E-state index in [-0.39, 0.29) is 12.0 Å². The van der Waals surface area contributed by atoms with Gasteiger partial charge >= 0.3 is 0 Å². The molecule has 5 nitrogen and oxygen atoms in total. The summed E-state index contributed by atoms with van der Waals surface area (Å²) in [5.41, 5.74) is 2.51. The SMILES string of the molecule is CN(Cc1ccc2c(c1)OCCO2)CC(O)COc1ccc(C(C)(C)C)cc1.